The standard InChI is InChI=1S/C24H30ClN3O3S2/c1-5-7-15-28(16-8-6-2)33(30,31)19-11-9-18(10-12-19)23(29)26-24-27(4)22-17(3)20(25)13-14-21(22)32-24/h9-14H,5-8,15-16H2,1-4H3. The highest BCUT2D eigenvalue weighted by atomic mass is 35.5. The SMILES string of the molecule is CCCCN(CCCC)S(=O)(=O)c1ccc(C(=O)N=c2sc3ccc(Cl)c(C)c3n2C)cc1. The van der Waals surface area contributed by atoms with Crippen molar-refractivity contribution in [3.8, 4) is 0 Å². The lowest BCUT2D eigenvalue weighted by molar-refractivity contribution is 0.0998. The van der Waals surface area contributed by atoms with Crippen LogP contribution in [0.15, 0.2) is 46.3 Å². The number of aryl methyl sites for hydroxylation is 2. The Hall–Kier alpha value is -2.00. The van der Waals surface area contributed by atoms with Gasteiger partial charge in [-0.1, -0.05) is 49.6 Å². The number of thiazole rings is 1. The highest BCUT2D eigenvalue weighted by Gasteiger charge is 2.23. The number of halogens is 1. The molecule has 1 amide bonds. The second-order valence-electron chi connectivity index (χ2n) is 8.02. The first-order valence-corrected chi connectivity index (χ1v) is 13.8. The second kappa shape index (κ2) is 11.0. The molecule has 1 aromatic heterocycles. The van der Waals surface area contributed by atoms with E-state index in [0.717, 1.165) is 41.5 Å². The Morgan fingerprint density at radius 1 is 1.06 bits per heavy atom. The lowest BCUT2D eigenvalue weighted by Gasteiger charge is -2.22. The normalized spacial score (nSPS) is 12.7. The van der Waals surface area contributed by atoms with Crippen molar-refractivity contribution >= 4 is 49.1 Å². The lowest BCUT2D eigenvalue weighted by Crippen LogP contribution is -2.33. The van der Waals surface area contributed by atoms with Gasteiger partial charge in [0, 0.05) is 30.7 Å². The van der Waals surface area contributed by atoms with Crippen LogP contribution in [-0.2, 0) is 17.1 Å². The minimum Gasteiger partial charge on any atom is -0.319 e. The van der Waals surface area contributed by atoms with Crippen molar-refractivity contribution < 1.29 is 13.2 Å². The van der Waals surface area contributed by atoms with Crippen molar-refractivity contribution in [3.63, 3.8) is 0 Å². The third kappa shape index (κ3) is 5.57. The van der Waals surface area contributed by atoms with E-state index < -0.39 is 15.9 Å². The summed E-state index contributed by atoms with van der Waals surface area (Å²) in [5.41, 5.74) is 2.22. The van der Waals surface area contributed by atoms with Crippen LogP contribution >= 0.6 is 22.9 Å². The van der Waals surface area contributed by atoms with Crippen molar-refractivity contribution in [2.75, 3.05) is 13.1 Å². The molecule has 0 N–H and O–H groups in total. The third-order valence-electron chi connectivity index (χ3n) is 5.61. The van der Waals surface area contributed by atoms with E-state index in [4.69, 9.17) is 11.6 Å². The van der Waals surface area contributed by atoms with E-state index in [1.165, 1.54) is 35.6 Å². The van der Waals surface area contributed by atoms with Crippen molar-refractivity contribution in [3.05, 3.63) is 57.3 Å². The molecule has 0 spiro atoms. The topological polar surface area (TPSA) is 71.7 Å². The van der Waals surface area contributed by atoms with Crippen LogP contribution in [0, 0.1) is 6.92 Å². The molecule has 0 aliphatic heterocycles. The zero-order chi connectivity index (χ0) is 24.2. The molecule has 33 heavy (non-hydrogen) atoms. The van der Waals surface area contributed by atoms with E-state index in [0.29, 0.717) is 28.5 Å². The summed E-state index contributed by atoms with van der Waals surface area (Å²) >= 11 is 7.65. The maximum absolute atomic E-state index is 13.1. The molecule has 0 saturated carbocycles. The number of rotatable bonds is 9. The van der Waals surface area contributed by atoms with E-state index in [9.17, 15) is 13.2 Å². The number of benzene rings is 2. The second-order valence-corrected chi connectivity index (χ2v) is 11.4. The highest BCUT2D eigenvalue weighted by Crippen LogP contribution is 2.26. The Labute approximate surface area is 204 Å². The van der Waals surface area contributed by atoms with Gasteiger partial charge in [-0.25, -0.2) is 8.42 Å². The van der Waals surface area contributed by atoms with Gasteiger partial charge in [-0.2, -0.15) is 9.30 Å². The number of hydrogen-bond donors (Lipinski definition) is 0. The van der Waals surface area contributed by atoms with E-state index >= 15 is 0 Å². The Balaban J connectivity index is 1.89. The highest BCUT2D eigenvalue weighted by molar-refractivity contribution is 7.89. The number of unbranched alkanes of at least 4 members (excludes halogenated alkanes) is 2. The summed E-state index contributed by atoms with van der Waals surface area (Å²) in [5, 5.41) is 0.664. The first-order chi connectivity index (χ1) is 15.7. The predicted molar refractivity (Wildman–Crippen MR) is 135 cm³/mol. The number of hydrogen-bond acceptors (Lipinski definition) is 4. The van der Waals surface area contributed by atoms with Crippen LogP contribution in [0.2, 0.25) is 5.02 Å². The Bertz CT molecular complexity index is 1300. The fourth-order valence-corrected chi connectivity index (χ4v) is 6.35. The minimum absolute atomic E-state index is 0.198. The average Bonchev–Trinajstić information content (AvgIpc) is 3.12. The van der Waals surface area contributed by atoms with Gasteiger partial charge >= 0.3 is 0 Å². The molecular weight excluding hydrogens is 478 g/mol. The summed E-state index contributed by atoms with van der Waals surface area (Å²) in [6.07, 6.45) is 3.48. The maximum Gasteiger partial charge on any atom is 0.279 e. The molecule has 0 aliphatic rings. The third-order valence-corrected chi connectivity index (χ3v) is 9.03. The van der Waals surface area contributed by atoms with Crippen molar-refractivity contribution in [1.29, 1.82) is 0 Å². The molecule has 2 aromatic carbocycles. The molecule has 0 unspecified atom stereocenters. The molecule has 0 saturated heterocycles. The van der Waals surface area contributed by atoms with E-state index in [1.54, 1.807) is 4.31 Å². The molecule has 0 atom stereocenters. The first-order valence-electron chi connectivity index (χ1n) is 11.1. The van der Waals surface area contributed by atoms with Gasteiger partial charge in [-0.05, 0) is 61.7 Å². The van der Waals surface area contributed by atoms with Crippen LogP contribution in [0.25, 0.3) is 10.2 Å². The molecule has 178 valence electrons. The summed E-state index contributed by atoms with van der Waals surface area (Å²) in [6.45, 7) is 7.02. The summed E-state index contributed by atoms with van der Waals surface area (Å²) in [5.74, 6) is -0.418. The molecule has 3 aromatic rings. The lowest BCUT2D eigenvalue weighted by atomic mass is 10.2. The fraction of sp³-hybridized carbons (Fsp3) is 0.417. The van der Waals surface area contributed by atoms with Gasteiger partial charge in [0.25, 0.3) is 5.91 Å². The number of fused-ring (bicyclic) bond motifs is 1. The Kier molecular flexibility index (Phi) is 8.50. The Morgan fingerprint density at radius 3 is 2.24 bits per heavy atom. The molecule has 9 heteroatoms. The zero-order valence-corrected chi connectivity index (χ0v) is 21.9. The van der Waals surface area contributed by atoms with Gasteiger partial charge in [0.15, 0.2) is 4.80 Å². The molecular formula is C24H30ClN3O3S2. The number of carbonyl (C=O) groups is 1. The van der Waals surface area contributed by atoms with Gasteiger partial charge in [0.05, 0.1) is 15.1 Å². The molecule has 0 radical (unpaired) electrons. The van der Waals surface area contributed by atoms with E-state index in [2.05, 4.69) is 4.99 Å². The van der Waals surface area contributed by atoms with Gasteiger partial charge in [-0.15, -0.1) is 0 Å². The molecule has 6 nitrogen and oxygen atoms in total. The van der Waals surface area contributed by atoms with Crippen molar-refractivity contribution in [1.82, 2.24) is 8.87 Å². The largest absolute Gasteiger partial charge is 0.319 e. The first kappa shape index (κ1) is 25.6. The molecule has 0 fully saturated rings. The number of sulfonamides is 1. The van der Waals surface area contributed by atoms with Crippen LogP contribution in [0.4, 0.5) is 0 Å². The maximum atomic E-state index is 13.1. The summed E-state index contributed by atoms with van der Waals surface area (Å²) < 4.78 is 30.6. The number of nitrogens with zero attached hydrogens (tertiary/aromatic N) is 3. The summed E-state index contributed by atoms with van der Waals surface area (Å²) in [6, 6.07) is 9.82. The number of amides is 1. The minimum atomic E-state index is -3.60. The quantitative estimate of drug-likeness (QED) is 0.382. The van der Waals surface area contributed by atoms with E-state index in [1.807, 2.05) is 44.5 Å². The Morgan fingerprint density at radius 2 is 1.67 bits per heavy atom. The zero-order valence-electron chi connectivity index (χ0n) is 19.5. The fourth-order valence-electron chi connectivity index (χ4n) is 3.60. The smallest absolute Gasteiger partial charge is 0.279 e. The summed E-state index contributed by atoms with van der Waals surface area (Å²) in [4.78, 5) is 17.9. The van der Waals surface area contributed by atoms with Crippen LogP contribution in [0.1, 0.15) is 55.5 Å². The van der Waals surface area contributed by atoms with Gasteiger partial charge in [-0.3, -0.25) is 4.79 Å². The van der Waals surface area contributed by atoms with Gasteiger partial charge in [0.2, 0.25) is 10.0 Å². The molecule has 3 rings (SSSR count). The molecule has 0 bridgehead atoms. The van der Waals surface area contributed by atoms with Crippen molar-refractivity contribution in [2.24, 2.45) is 12.0 Å². The number of carbonyl (C=O) groups excluding carboxylic acids is 1. The predicted octanol–water partition coefficient (Wildman–Crippen LogP) is 5.53. The number of aromatic nitrogens is 1. The van der Waals surface area contributed by atoms with Crippen LogP contribution in [0.3, 0.4) is 0 Å². The molecule has 1 heterocycles. The van der Waals surface area contributed by atoms with Crippen LogP contribution < -0.4 is 4.80 Å². The van der Waals surface area contributed by atoms with Gasteiger partial charge in [0.1, 0.15) is 0 Å². The van der Waals surface area contributed by atoms with E-state index in [-0.39, 0.29) is 4.90 Å². The monoisotopic (exact) mass is 507 g/mol. The van der Waals surface area contributed by atoms with Crippen LogP contribution in [-0.4, -0.2) is 36.3 Å². The molecule has 0 aliphatic carbocycles. The summed E-state index contributed by atoms with van der Waals surface area (Å²) in [7, 11) is -1.75. The van der Waals surface area contributed by atoms with Gasteiger partial charge < -0.3 is 4.57 Å². The average molecular weight is 508 g/mol. The van der Waals surface area contributed by atoms with Crippen molar-refractivity contribution in [2.45, 2.75) is 51.3 Å². The van der Waals surface area contributed by atoms with Crippen LogP contribution in [0.5, 0.6) is 0 Å².